The maximum atomic E-state index is 12.1. The van der Waals surface area contributed by atoms with Gasteiger partial charge in [-0.15, -0.1) is 11.8 Å². The van der Waals surface area contributed by atoms with Crippen LogP contribution in [0.1, 0.15) is 38.7 Å². The second-order valence-electron chi connectivity index (χ2n) is 7.17. The van der Waals surface area contributed by atoms with Crippen molar-refractivity contribution in [2.75, 3.05) is 18.8 Å². The molecule has 2 saturated heterocycles. The van der Waals surface area contributed by atoms with Gasteiger partial charge in [-0.25, -0.2) is 0 Å². The van der Waals surface area contributed by atoms with Gasteiger partial charge in [0.25, 0.3) is 0 Å². The number of aromatic nitrogens is 1. The van der Waals surface area contributed by atoms with E-state index in [2.05, 4.69) is 18.8 Å². The van der Waals surface area contributed by atoms with E-state index in [0.29, 0.717) is 31.0 Å². The minimum Gasteiger partial charge on any atom is -0.373 e. The molecule has 0 bridgehead atoms. The molecule has 0 radical (unpaired) electrons. The van der Waals surface area contributed by atoms with Gasteiger partial charge in [-0.1, -0.05) is 19.9 Å². The number of carbonyl (C=O) groups excluding carboxylic acids is 1. The Morgan fingerprint density at radius 1 is 1.52 bits per heavy atom. The van der Waals surface area contributed by atoms with Crippen LogP contribution >= 0.6 is 11.8 Å². The Morgan fingerprint density at radius 2 is 2.35 bits per heavy atom. The lowest BCUT2D eigenvalue weighted by atomic mass is 9.92. The maximum absolute atomic E-state index is 12.1. The summed E-state index contributed by atoms with van der Waals surface area (Å²) in [4.78, 5) is 18.3. The zero-order valence-corrected chi connectivity index (χ0v) is 14.8. The molecule has 1 aromatic heterocycles. The van der Waals surface area contributed by atoms with Crippen LogP contribution in [0.15, 0.2) is 24.5 Å². The van der Waals surface area contributed by atoms with Crippen molar-refractivity contribution in [2.24, 2.45) is 5.92 Å². The average Bonchev–Trinajstić information content (AvgIpc) is 2.95. The van der Waals surface area contributed by atoms with Crippen molar-refractivity contribution in [2.45, 2.75) is 50.6 Å². The first kappa shape index (κ1) is 16.8. The van der Waals surface area contributed by atoms with Gasteiger partial charge in [-0.2, -0.15) is 0 Å². The summed E-state index contributed by atoms with van der Waals surface area (Å²) in [5.74, 6) is 1.96. The number of likely N-dealkylation sites (tertiary alicyclic amines) is 1. The van der Waals surface area contributed by atoms with Crippen LogP contribution in [0, 0.1) is 5.92 Å². The van der Waals surface area contributed by atoms with Crippen LogP contribution in [-0.4, -0.2) is 45.5 Å². The number of ether oxygens (including phenoxy) is 1. The predicted octanol–water partition coefficient (Wildman–Crippen LogP) is 3.12. The van der Waals surface area contributed by atoms with Crippen LogP contribution in [0.3, 0.4) is 0 Å². The van der Waals surface area contributed by atoms with Gasteiger partial charge < -0.3 is 9.64 Å². The molecule has 5 heteroatoms. The molecule has 0 aliphatic carbocycles. The van der Waals surface area contributed by atoms with Crippen molar-refractivity contribution >= 4 is 17.7 Å². The fraction of sp³-hybridized carbons (Fsp3) is 0.667. The van der Waals surface area contributed by atoms with Crippen molar-refractivity contribution in [3.8, 4) is 0 Å². The monoisotopic (exact) mass is 334 g/mol. The summed E-state index contributed by atoms with van der Waals surface area (Å²) in [6, 6.07) is 3.99. The van der Waals surface area contributed by atoms with Crippen LogP contribution in [0.5, 0.6) is 0 Å². The number of amides is 1. The van der Waals surface area contributed by atoms with E-state index in [-0.39, 0.29) is 4.75 Å². The SMILES string of the molecule is CC(C)CCC(=O)N1CC2(C[C@@H](OCc3cccnc3)CS2)C1. The Balaban J connectivity index is 1.40. The first-order chi connectivity index (χ1) is 11.1. The van der Waals surface area contributed by atoms with Gasteiger partial charge in [0.1, 0.15) is 0 Å². The van der Waals surface area contributed by atoms with Crippen LogP contribution < -0.4 is 0 Å². The number of thioether (sulfide) groups is 1. The molecule has 0 saturated carbocycles. The van der Waals surface area contributed by atoms with Crippen LogP contribution in [0.4, 0.5) is 0 Å². The molecule has 1 aromatic rings. The van der Waals surface area contributed by atoms with E-state index in [4.69, 9.17) is 4.74 Å². The molecule has 3 heterocycles. The van der Waals surface area contributed by atoms with E-state index in [9.17, 15) is 4.79 Å². The number of pyridine rings is 1. The highest BCUT2D eigenvalue weighted by Gasteiger charge is 2.50. The summed E-state index contributed by atoms with van der Waals surface area (Å²) < 4.78 is 6.29. The third kappa shape index (κ3) is 4.27. The number of rotatable bonds is 6. The minimum absolute atomic E-state index is 0.257. The Hall–Kier alpha value is -1.07. The summed E-state index contributed by atoms with van der Waals surface area (Å²) in [6.07, 6.45) is 6.69. The lowest BCUT2D eigenvalue weighted by Gasteiger charge is -2.47. The van der Waals surface area contributed by atoms with E-state index in [1.54, 1.807) is 6.20 Å². The van der Waals surface area contributed by atoms with E-state index in [0.717, 1.165) is 37.2 Å². The van der Waals surface area contributed by atoms with Crippen molar-refractivity contribution in [1.82, 2.24) is 9.88 Å². The number of hydrogen-bond donors (Lipinski definition) is 0. The molecule has 1 spiro atoms. The van der Waals surface area contributed by atoms with Crippen molar-refractivity contribution in [3.63, 3.8) is 0 Å². The molecular weight excluding hydrogens is 308 g/mol. The van der Waals surface area contributed by atoms with Crippen LogP contribution in [0.2, 0.25) is 0 Å². The van der Waals surface area contributed by atoms with Crippen molar-refractivity contribution in [3.05, 3.63) is 30.1 Å². The molecule has 0 N–H and O–H groups in total. The standard InChI is InChI=1S/C18H26N2O2S/c1-14(2)5-6-17(21)20-12-18(13-20)8-16(11-23-18)22-10-15-4-3-7-19-9-15/h3-4,7,9,14,16H,5-6,8,10-13H2,1-2H3/t16-/m1/s1. The topological polar surface area (TPSA) is 42.4 Å². The summed E-state index contributed by atoms with van der Waals surface area (Å²) in [6.45, 7) is 6.78. The first-order valence-corrected chi connectivity index (χ1v) is 9.47. The Kier molecular flexibility index (Phi) is 5.27. The summed E-state index contributed by atoms with van der Waals surface area (Å²) >= 11 is 1.99. The van der Waals surface area contributed by atoms with Crippen LogP contribution in [0.25, 0.3) is 0 Å². The number of carbonyl (C=O) groups is 1. The fourth-order valence-electron chi connectivity index (χ4n) is 3.22. The quantitative estimate of drug-likeness (QED) is 0.802. The molecule has 4 nitrogen and oxygen atoms in total. The molecule has 126 valence electrons. The van der Waals surface area contributed by atoms with E-state index in [1.807, 2.05) is 35.0 Å². The molecule has 2 aliphatic heterocycles. The van der Waals surface area contributed by atoms with Crippen molar-refractivity contribution in [1.29, 1.82) is 0 Å². The molecule has 3 rings (SSSR count). The Bertz CT molecular complexity index is 529. The summed E-state index contributed by atoms with van der Waals surface area (Å²) in [5.41, 5.74) is 1.12. The molecule has 0 unspecified atom stereocenters. The van der Waals surface area contributed by atoms with E-state index >= 15 is 0 Å². The molecular formula is C18H26N2O2S. The van der Waals surface area contributed by atoms with Gasteiger partial charge in [0.2, 0.25) is 5.91 Å². The minimum atomic E-state index is 0.257. The summed E-state index contributed by atoms with van der Waals surface area (Å²) in [5, 5.41) is 0. The zero-order valence-electron chi connectivity index (χ0n) is 14.0. The highest BCUT2D eigenvalue weighted by Crippen LogP contribution is 2.46. The Morgan fingerprint density at radius 3 is 3.04 bits per heavy atom. The average molecular weight is 334 g/mol. The third-order valence-electron chi connectivity index (χ3n) is 4.63. The normalized spacial score (nSPS) is 22.6. The van der Waals surface area contributed by atoms with E-state index < -0.39 is 0 Å². The lowest BCUT2D eigenvalue weighted by Crippen LogP contribution is -2.60. The lowest BCUT2D eigenvalue weighted by molar-refractivity contribution is -0.137. The molecule has 2 aliphatic rings. The second kappa shape index (κ2) is 7.22. The smallest absolute Gasteiger partial charge is 0.222 e. The maximum Gasteiger partial charge on any atom is 0.222 e. The fourth-order valence-corrected chi connectivity index (χ4v) is 4.77. The first-order valence-electron chi connectivity index (χ1n) is 8.48. The summed E-state index contributed by atoms with van der Waals surface area (Å²) in [7, 11) is 0. The van der Waals surface area contributed by atoms with E-state index in [1.165, 1.54) is 0 Å². The largest absolute Gasteiger partial charge is 0.373 e. The molecule has 0 aromatic carbocycles. The van der Waals surface area contributed by atoms with Gasteiger partial charge in [-0.3, -0.25) is 9.78 Å². The Labute approximate surface area is 143 Å². The number of hydrogen-bond acceptors (Lipinski definition) is 4. The molecule has 1 amide bonds. The van der Waals surface area contributed by atoms with Gasteiger partial charge in [0.15, 0.2) is 0 Å². The molecule has 1 atom stereocenters. The van der Waals surface area contributed by atoms with Crippen LogP contribution in [-0.2, 0) is 16.1 Å². The second-order valence-corrected chi connectivity index (χ2v) is 8.66. The molecule has 2 fully saturated rings. The highest BCUT2D eigenvalue weighted by atomic mass is 32.2. The molecule has 23 heavy (non-hydrogen) atoms. The zero-order chi connectivity index (χ0) is 16.3. The third-order valence-corrected chi connectivity index (χ3v) is 6.21. The van der Waals surface area contributed by atoms with Gasteiger partial charge in [-0.05, 0) is 30.4 Å². The van der Waals surface area contributed by atoms with Gasteiger partial charge in [0, 0.05) is 37.7 Å². The van der Waals surface area contributed by atoms with Crippen molar-refractivity contribution < 1.29 is 9.53 Å². The highest BCUT2D eigenvalue weighted by molar-refractivity contribution is 8.01. The van der Waals surface area contributed by atoms with Gasteiger partial charge in [0.05, 0.1) is 17.5 Å². The predicted molar refractivity (Wildman–Crippen MR) is 93.3 cm³/mol. The number of nitrogens with zero attached hydrogens (tertiary/aromatic N) is 2. The van der Waals surface area contributed by atoms with Gasteiger partial charge >= 0.3 is 0 Å².